The van der Waals surface area contributed by atoms with Crippen molar-refractivity contribution in [2.75, 3.05) is 13.2 Å². The third-order valence-electron chi connectivity index (χ3n) is 2.35. The van der Waals surface area contributed by atoms with Gasteiger partial charge < -0.3 is 13.7 Å². The van der Waals surface area contributed by atoms with Gasteiger partial charge in [0.2, 0.25) is 0 Å². The lowest BCUT2D eigenvalue weighted by Crippen LogP contribution is -2.18. The van der Waals surface area contributed by atoms with E-state index in [-0.39, 0.29) is 6.61 Å². The summed E-state index contributed by atoms with van der Waals surface area (Å²) in [5.41, 5.74) is 0. The average Bonchev–Trinajstić information content (AvgIpc) is 2.68. The molecule has 2 aliphatic rings. The van der Waals surface area contributed by atoms with Gasteiger partial charge in [-0.15, -0.1) is 0 Å². The van der Waals surface area contributed by atoms with Crippen molar-refractivity contribution >= 4 is 0 Å². The molecule has 104 valence electrons. The van der Waals surface area contributed by atoms with Crippen molar-refractivity contribution in [2.24, 2.45) is 0 Å². The van der Waals surface area contributed by atoms with Crippen molar-refractivity contribution in [3.8, 4) is 11.6 Å². The van der Waals surface area contributed by atoms with Gasteiger partial charge in [0.1, 0.15) is 6.61 Å². The predicted octanol–water partition coefficient (Wildman–Crippen LogP) is 1.91. The van der Waals surface area contributed by atoms with E-state index in [9.17, 15) is 18.0 Å². The fourth-order valence-electron chi connectivity index (χ4n) is 1.63. The molecule has 2 heterocycles. The second-order valence-corrected chi connectivity index (χ2v) is 3.89. The first-order valence-corrected chi connectivity index (χ1v) is 5.56. The molecule has 0 fully saturated rings. The second-order valence-electron chi connectivity index (χ2n) is 3.89. The van der Waals surface area contributed by atoms with E-state index in [1.165, 1.54) is 0 Å². The first kappa shape index (κ1) is 13.6. The number of rotatable bonds is 5. The zero-order valence-corrected chi connectivity index (χ0v) is 9.81. The molecule has 8 heteroatoms. The third-order valence-corrected chi connectivity index (χ3v) is 2.35. The monoisotopic (exact) mass is 276 g/mol. The first-order chi connectivity index (χ1) is 8.96. The third kappa shape index (κ3) is 3.82. The van der Waals surface area contributed by atoms with E-state index >= 15 is 0 Å². The standard InChI is InChI=1S/C11H11F3N2O3/c12-11(13,14)7-18-6-2-5-16-4-1-3-8-9(16)15-10(17)19-8/h1,3-4H,2,5-7H2. The van der Waals surface area contributed by atoms with Crippen LogP contribution < -0.4 is 5.76 Å². The van der Waals surface area contributed by atoms with E-state index in [0.29, 0.717) is 24.6 Å². The molecule has 19 heavy (non-hydrogen) atoms. The molecule has 0 saturated heterocycles. The van der Waals surface area contributed by atoms with Crippen LogP contribution in [0, 0.1) is 0 Å². The van der Waals surface area contributed by atoms with Crippen molar-refractivity contribution in [2.45, 2.75) is 19.1 Å². The number of aromatic nitrogens is 2. The summed E-state index contributed by atoms with van der Waals surface area (Å²) in [6.45, 7) is -0.886. The minimum Gasteiger partial charge on any atom is -0.405 e. The van der Waals surface area contributed by atoms with Gasteiger partial charge in [-0.25, -0.2) is 4.79 Å². The van der Waals surface area contributed by atoms with Crippen molar-refractivity contribution < 1.29 is 22.3 Å². The number of hydrogen-bond acceptors (Lipinski definition) is 4. The van der Waals surface area contributed by atoms with Crippen LogP contribution in [0.5, 0.6) is 0 Å². The van der Waals surface area contributed by atoms with Crippen LogP contribution in [0.3, 0.4) is 0 Å². The van der Waals surface area contributed by atoms with Crippen LogP contribution in [0.1, 0.15) is 6.42 Å². The Morgan fingerprint density at radius 1 is 1.42 bits per heavy atom. The maximum absolute atomic E-state index is 11.8. The fraction of sp³-hybridized carbons (Fsp3) is 0.455. The molecule has 0 aliphatic carbocycles. The SMILES string of the molecule is O=c1nc2n(CCCOCC(F)(F)F)cccc-2o1. The maximum atomic E-state index is 11.8. The molecule has 2 rings (SSSR count). The second kappa shape index (κ2) is 5.43. The molecular weight excluding hydrogens is 265 g/mol. The number of fused-ring (bicyclic) bond motifs is 1. The molecule has 5 nitrogen and oxygen atoms in total. The highest BCUT2D eigenvalue weighted by atomic mass is 19.4. The van der Waals surface area contributed by atoms with E-state index in [1.807, 2.05) is 0 Å². The van der Waals surface area contributed by atoms with Crippen LogP contribution in [0.2, 0.25) is 0 Å². The molecule has 0 bridgehead atoms. The van der Waals surface area contributed by atoms with Crippen molar-refractivity contribution in [1.29, 1.82) is 0 Å². The molecule has 0 N–H and O–H groups in total. The number of pyridine rings is 1. The zero-order valence-electron chi connectivity index (χ0n) is 9.81. The summed E-state index contributed by atoms with van der Waals surface area (Å²) in [6, 6.07) is 3.27. The molecule has 0 aromatic carbocycles. The normalized spacial score (nSPS) is 12.2. The van der Waals surface area contributed by atoms with Gasteiger partial charge in [0.15, 0.2) is 11.6 Å². The van der Waals surface area contributed by atoms with Crippen LogP contribution in [0.25, 0.3) is 11.6 Å². The Bertz CT molecular complexity index is 561. The van der Waals surface area contributed by atoms with Crippen molar-refractivity contribution in [3.63, 3.8) is 0 Å². The molecule has 0 aromatic heterocycles. The number of nitrogens with zero attached hydrogens (tertiary/aromatic N) is 2. The van der Waals surface area contributed by atoms with E-state index < -0.39 is 18.5 Å². The Kier molecular flexibility index (Phi) is 3.89. The average molecular weight is 276 g/mol. The van der Waals surface area contributed by atoms with Crippen molar-refractivity contribution in [3.05, 3.63) is 28.9 Å². The van der Waals surface area contributed by atoms with E-state index in [2.05, 4.69) is 9.72 Å². The molecular formula is C11H11F3N2O3. The molecule has 0 aromatic rings. The Balaban J connectivity index is 1.87. The number of ether oxygens (including phenoxy) is 1. The van der Waals surface area contributed by atoms with Crippen LogP contribution in [0.15, 0.2) is 27.5 Å². The van der Waals surface area contributed by atoms with Crippen LogP contribution in [-0.2, 0) is 11.3 Å². The predicted molar refractivity (Wildman–Crippen MR) is 58.9 cm³/mol. The number of halogens is 3. The lowest BCUT2D eigenvalue weighted by atomic mass is 10.3. The van der Waals surface area contributed by atoms with Crippen LogP contribution >= 0.6 is 0 Å². The van der Waals surface area contributed by atoms with Gasteiger partial charge in [-0.05, 0) is 18.6 Å². The van der Waals surface area contributed by atoms with Gasteiger partial charge in [0.05, 0.1) is 0 Å². The zero-order chi connectivity index (χ0) is 13.9. The van der Waals surface area contributed by atoms with Crippen LogP contribution in [0.4, 0.5) is 13.2 Å². The summed E-state index contributed by atoms with van der Waals surface area (Å²) in [6.07, 6.45) is -2.26. The molecule has 0 saturated carbocycles. The first-order valence-electron chi connectivity index (χ1n) is 5.56. The van der Waals surface area contributed by atoms with Gasteiger partial charge in [-0.1, -0.05) is 0 Å². The highest BCUT2D eigenvalue weighted by molar-refractivity contribution is 5.47. The molecule has 0 atom stereocenters. The topological polar surface area (TPSA) is 57.3 Å². The summed E-state index contributed by atoms with van der Waals surface area (Å²) in [4.78, 5) is 14.7. The summed E-state index contributed by atoms with van der Waals surface area (Å²) < 4.78 is 46.4. The Hall–Kier alpha value is -1.83. The van der Waals surface area contributed by atoms with Gasteiger partial charge >= 0.3 is 11.9 Å². The van der Waals surface area contributed by atoms with Gasteiger partial charge in [0.25, 0.3) is 0 Å². The Labute approximate surface area is 106 Å². The smallest absolute Gasteiger partial charge is 0.405 e. The Morgan fingerprint density at radius 2 is 2.21 bits per heavy atom. The number of hydrogen-bond donors (Lipinski definition) is 0. The molecule has 0 radical (unpaired) electrons. The highest BCUT2D eigenvalue weighted by Gasteiger charge is 2.27. The lowest BCUT2D eigenvalue weighted by molar-refractivity contribution is -0.174. The summed E-state index contributed by atoms with van der Waals surface area (Å²) in [5.74, 6) is 0.0373. The van der Waals surface area contributed by atoms with Gasteiger partial charge in [-0.3, -0.25) is 0 Å². The minimum absolute atomic E-state index is 0.0228. The Morgan fingerprint density at radius 3 is 2.95 bits per heavy atom. The molecule has 0 unspecified atom stereocenters. The van der Waals surface area contributed by atoms with E-state index in [4.69, 9.17) is 4.42 Å². The largest absolute Gasteiger partial charge is 0.441 e. The highest BCUT2D eigenvalue weighted by Crippen LogP contribution is 2.17. The number of alkyl halides is 3. The summed E-state index contributed by atoms with van der Waals surface area (Å²) in [7, 11) is 0. The number of oxazole rings is 1. The van der Waals surface area contributed by atoms with Crippen LogP contribution in [-0.4, -0.2) is 28.9 Å². The molecule has 0 amide bonds. The minimum atomic E-state index is -4.31. The van der Waals surface area contributed by atoms with E-state index in [1.54, 1.807) is 22.9 Å². The van der Waals surface area contributed by atoms with E-state index in [0.717, 1.165) is 0 Å². The fourth-order valence-corrected chi connectivity index (χ4v) is 1.63. The summed E-state index contributed by atoms with van der Waals surface area (Å²) >= 11 is 0. The van der Waals surface area contributed by atoms with Gasteiger partial charge in [-0.2, -0.15) is 18.2 Å². The maximum Gasteiger partial charge on any atom is 0.441 e. The molecule has 0 spiro atoms. The number of aryl methyl sites for hydroxylation is 1. The lowest BCUT2D eigenvalue weighted by Gasteiger charge is -2.10. The molecule has 2 aliphatic heterocycles. The quantitative estimate of drug-likeness (QED) is 0.783. The van der Waals surface area contributed by atoms with Gasteiger partial charge in [0, 0.05) is 19.3 Å². The summed E-state index contributed by atoms with van der Waals surface area (Å²) in [5, 5.41) is 0. The van der Waals surface area contributed by atoms with Crippen molar-refractivity contribution in [1.82, 2.24) is 9.55 Å².